The Balaban J connectivity index is 1.24. The van der Waals surface area contributed by atoms with E-state index in [9.17, 15) is 0 Å². The van der Waals surface area contributed by atoms with Gasteiger partial charge in [-0.25, -0.2) is 0 Å². The van der Waals surface area contributed by atoms with Gasteiger partial charge in [0.05, 0.1) is 0 Å². The van der Waals surface area contributed by atoms with Crippen molar-refractivity contribution < 1.29 is 0 Å². The molecular formula is C37H66. The Morgan fingerprint density at radius 1 is 0.730 bits per heavy atom. The molecule has 0 heteroatoms. The van der Waals surface area contributed by atoms with Crippen molar-refractivity contribution in [1.82, 2.24) is 0 Å². The van der Waals surface area contributed by atoms with E-state index in [-0.39, 0.29) is 0 Å². The summed E-state index contributed by atoms with van der Waals surface area (Å²) in [5.41, 5.74) is 2.89. The minimum Gasteiger partial charge on any atom is -0.0651 e. The second-order valence-corrected chi connectivity index (χ2v) is 18.1. The Morgan fingerprint density at radius 2 is 1.41 bits per heavy atom. The second-order valence-electron chi connectivity index (χ2n) is 18.1. The Kier molecular flexibility index (Phi) is 7.57. The summed E-state index contributed by atoms with van der Waals surface area (Å²) in [5, 5.41) is 0. The lowest BCUT2D eigenvalue weighted by Crippen LogP contribution is -2.55. The van der Waals surface area contributed by atoms with Crippen LogP contribution in [-0.2, 0) is 0 Å². The molecule has 214 valence electrons. The maximum Gasteiger partial charge on any atom is -0.0264 e. The molecule has 9 atom stereocenters. The van der Waals surface area contributed by atoms with Crippen molar-refractivity contribution in [2.75, 3.05) is 0 Å². The fraction of sp³-hybridized carbons (Fsp3) is 1.00. The molecule has 5 saturated carbocycles. The summed E-state index contributed by atoms with van der Waals surface area (Å²) in [5.74, 6) is 7.03. The molecule has 0 saturated heterocycles. The van der Waals surface area contributed by atoms with Crippen molar-refractivity contribution in [3.63, 3.8) is 0 Å². The van der Waals surface area contributed by atoms with Gasteiger partial charge >= 0.3 is 0 Å². The molecule has 0 radical (unpaired) electrons. The average molecular weight is 511 g/mol. The average Bonchev–Trinajstić information content (AvgIpc) is 3.20. The normalized spacial score (nSPS) is 51.2. The smallest absolute Gasteiger partial charge is 0.0264 e. The topological polar surface area (TPSA) is 0 Å². The lowest BCUT2D eigenvalue weighted by Gasteiger charge is -2.64. The van der Waals surface area contributed by atoms with Gasteiger partial charge in [0.1, 0.15) is 0 Å². The summed E-state index contributed by atoms with van der Waals surface area (Å²) in [6.45, 7) is 23.5. The Labute approximate surface area is 233 Å². The lowest BCUT2D eigenvalue weighted by atomic mass is 9.41. The van der Waals surface area contributed by atoms with Crippen LogP contribution in [-0.4, -0.2) is 0 Å². The molecule has 0 unspecified atom stereocenters. The summed E-state index contributed by atoms with van der Waals surface area (Å²) in [7, 11) is 0. The van der Waals surface area contributed by atoms with Crippen molar-refractivity contribution in [2.24, 2.45) is 68.5 Å². The zero-order valence-electron chi connectivity index (χ0n) is 26.9. The van der Waals surface area contributed by atoms with Crippen LogP contribution in [0.2, 0.25) is 0 Å². The lowest BCUT2D eigenvalue weighted by molar-refractivity contribution is -0.145. The molecule has 0 aromatic heterocycles. The molecule has 5 fully saturated rings. The molecule has 0 aromatic carbocycles. The third kappa shape index (κ3) is 4.81. The molecular weight excluding hydrogens is 444 g/mol. The van der Waals surface area contributed by atoms with Crippen LogP contribution < -0.4 is 0 Å². The molecule has 0 aromatic rings. The van der Waals surface area contributed by atoms with Crippen molar-refractivity contribution in [3.8, 4) is 0 Å². The quantitative estimate of drug-likeness (QED) is 0.345. The van der Waals surface area contributed by atoms with Crippen molar-refractivity contribution >= 4 is 0 Å². The van der Waals surface area contributed by atoms with Gasteiger partial charge in [-0.2, -0.15) is 0 Å². The SMILES string of the molecule is CCC1CCC(C)(CC[C@@H](C)[C@H]2CC[C@H]3[C@@H]4CC[C@H]5C[C@](C)(C(C)(C)C)CC[C@]5(C)[C@H]4CC[C@]23C)CC1. The largest absolute Gasteiger partial charge is 0.0651 e. The predicted octanol–water partition coefficient (Wildman–Crippen LogP) is 11.7. The van der Waals surface area contributed by atoms with Gasteiger partial charge < -0.3 is 0 Å². The van der Waals surface area contributed by atoms with E-state index in [1.54, 1.807) is 32.1 Å². The molecule has 5 aliphatic carbocycles. The molecule has 37 heavy (non-hydrogen) atoms. The van der Waals surface area contributed by atoms with Crippen LogP contribution in [0.5, 0.6) is 0 Å². The van der Waals surface area contributed by atoms with Crippen LogP contribution in [0.3, 0.4) is 0 Å². The summed E-state index contributed by atoms with van der Waals surface area (Å²) >= 11 is 0. The van der Waals surface area contributed by atoms with Crippen LogP contribution in [0.1, 0.15) is 165 Å². The van der Waals surface area contributed by atoms with Crippen LogP contribution in [0.15, 0.2) is 0 Å². The third-order valence-electron chi connectivity index (χ3n) is 15.6. The van der Waals surface area contributed by atoms with Gasteiger partial charge in [-0.1, -0.05) is 68.7 Å². The first-order valence-corrected chi connectivity index (χ1v) is 17.2. The minimum atomic E-state index is 0.442. The summed E-state index contributed by atoms with van der Waals surface area (Å²) < 4.78 is 0. The molecule has 0 aliphatic heterocycles. The van der Waals surface area contributed by atoms with E-state index >= 15 is 0 Å². The van der Waals surface area contributed by atoms with Crippen molar-refractivity contribution in [3.05, 3.63) is 0 Å². The highest BCUT2D eigenvalue weighted by Gasteiger charge is 2.62. The van der Waals surface area contributed by atoms with E-state index in [1.165, 1.54) is 70.6 Å². The summed E-state index contributed by atoms with van der Waals surface area (Å²) in [6, 6.07) is 0. The molecule has 5 rings (SSSR count). The minimum absolute atomic E-state index is 0.442. The Hall–Kier alpha value is 0. The predicted molar refractivity (Wildman–Crippen MR) is 162 cm³/mol. The highest BCUT2D eigenvalue weighted by atomic mass is 14.7. The van der Waals surface area contributed by atoms with E-state index in [4.69, 9.17) is 0 Å². The van der Waals surface area contributed by atoms with Crippen LogP contribution >= 0.6 is 0 Å². The summed E-state index contributed by atoms with van der Waals surface area (Å²) in [6.07, 6.45) is 24.2. The van der Waals surface area contributed by atoms with Gasteiger partial charge in [-0.15, -0.1) is 0 Å². The molecule has 0 bridgehead atoms. The van der Waals surface area contributed by atoms with E-state index in [1.807, 2.05) is 0 Å². The highest BCUT2D eigenvalue weighted by molar-refractivity contribution is 5.11. The van der Waals surface area contributed by atoms with E-state index in [0.717, 1.165) is 41.4 Å². The molecule has 0 N–H and O–H groups in total. The monoisotopic (exact) mass is 511 g/mol. The first-order valence-electron chi connectivity index (χ1n) is 17.2. The molecule has 5 aliphatic rings. The standard InChI is InChI=1S/C37H66/c1-10-27-16-20-34(6,21-17-27)19-15-26(2)30-13-14-31-29-12-11-28-25-35(7,33(3,4)5)23-24-36(28,8)32(29)18-22-37(30,31)9/h26-32H,10-25H2,1-9H3/t26-,27?,28+,29+,30-,31+,32+,34?,35-,36+,37-/m1/s1. The molecule has 0 nitrogen and oxygen atoms in total. The van der Waals surface area contributed by atoms with Gasteiger partial charge in [0.15, 0.2) is 0 Å². The van der Waals surface area contributed by atoms with Crippen LogP contribution in [0, 0.1) is 68.5 Å². The highest BCUT2D eigenvalue weighted by Crippen LogP contribution is 2.70. The van der Waals surface area contributed by atoms with Gasteiger partial charge in [0.2, 0.25) is 0 Å². The first kappa shape index (κ1) is 28.5. The van der Waals surface area contributed by atoms with E-state index in [0.29, 0.717) is 27.1 Å². The molecule has 0 spiro atoms. The van der Waals surface area contributed by atoms with Gasteiger partial charge in [-0.3, -0.25) is 0 Å². The van der Waals surface area contributed by atoms with Crippen molar-refractivity contribution in [2.45, 2.75) is 165 Å². The van der Waals surface area contributed by atoms with Gasteiger partial charge in [0, 0.05) is 0 Å². The first-order chi connectivity index (χ1) is 17.2. The zero-order chi connectivity index (χ0) is 26.9. The molecule has 0 amide bonds. The Bertz CT molecular complexity index is 793. The third-order valence-corrected chi connectivity index (χ3v) is 15.6. The van der Waals surface area contributed by atoms with Gasteiger partial charge in [0.25, 0.3) is 0 Å². The maximum absolute atomic E-state index is 2.79. The maximum atomic E-state index is 2.79. The number of hydrogen-bond donors (Lipinski definition) is 0. The Morgan fingerprint density at radius 3 is 2.05 bits per heavy atom. The zero-order valence-corrected chi connectivity index (χ0v) is 26.9. The van der Waals surface area contributed by atoms with Gasteiger partial charge in [-0.05, 0) is 165 Å². The van der Waals surface area contributed by atoms with Crippen LogP contribution in [0.4, 0.5) is 0 Å². The second kappa shape index (κ2) is 9.82. The van der Waals surface area contributed by atoms with E-state index < -0.39 is 0 Å². The van der Waals surface area contributed by atoms with Crippen molar-refractivity contribution in [1.29, 1.82) is 0 Å². The fourth-order valence-corrected chi connectivity index (χ4v) is 11.9. The number of rotatable bonds is 5. The number of fused-ring (bicyclic) bond motifs is 5. The number of hydrogen-bond acceptors (Lipinski definition) is 0. The van der Waals surface area contributed by atoms with Crippen LogP contribution in [0.25, 0.3) is 0 Å². The molecule has 0 heterocycles. The fourth-order valence-electron chi connectivity index (χ4n) is 11.9. The summed E-state index contributed by atoms with van der Waals surface area (Å²) in [4.78, 5) is 0. The van der Waals surface area contributed by atoms with E-state index in [2.05, 4.69) is 62.3 Å².